The Kier molecular flexibility index (Phi) is 3.85. The molecule has 4 rings (SSSR count). The van der Waals surface area contributed by atoms with Crippen LogP contribution in [-0.2, 0) is 0 Å². The quantitative estimate of drug-likeness (QED) is 0.846. The van der Waals surface area contributed by atoms with Gasteiger partial charge in [0, 0.05) is 24.7 Å². The van der Waals surface area contributed by atoms with Crippen molar-refractivity contribution in [3.05, 3.63) is 59.9 Å². The maximum Gasteiger partial charge on any atom is 0.253 e. The predicted octanol–water partition coefficient (Wildman–Crippen LogP) is 3.27. The van der Waals surface area contributed by atoms with Gasteiger partial charge in [-0.1, -0.05) is 24.3 Å². The molecule has 0 unspecified atom stereocenters. The lowest BCUT2D eigenvalue weighted by atomic mass is 10.0. The average Bonchev–Trinajstić information content (AvgIpc) is 3.17. The number of benzene rings is 2. The van der Waals surface area contributed by atoms with Gasteiger partial charge in [-0.2, -0.15) is 0 Å². The van der Waals surface area contributed by atoms with Crippen LogP contribution in [0.3, 0.4) is 0 Å². The number of amides is 1. The number of halogens is 1. The lowest BCUT2D eigenvalue weighted by Crippen LogP contribution is -2.35. The highest BCUT2D eigenvalue weighted by Gasteiger charge is 2.41. The smallest absolute Gasteiger partial charge is 0.253 e. The van der Waals surface area contributed by atoms with Gasteiger partial charge in [-0.15, -0.1) is 0 Å². The van der Waals surface area contributed by atoms with E-state index in [1.165, 1.54) is 18.6 Å². The molecule has 3 nitrogen and oxygen atoms in total. The Bertz CT molecular complexity index is 776. The zero-order valence-electron chi connectivity index (χ0n) is 13.8. The summed E-state index contributed by atoms with van der Waals surface area (Å²) in [5, 5.41) is 0. The molecule has 0 N–H and O–H groups in total. The van der Waals surface area contributed by atoms with Crippen LogP contribution in [0.2, 0.25) is 0 Å². The van der Waals surface area contributed by atoms with Crippen LogP contribution in [-0.4, -0.2) is 48.4 Å². The van der Waals surface area contributed by atoms with E-state index in [0.29, 0.717) is 17.5 Å². The van der Waals surface area contributed by atoms with Crippen LogP contribution in [0.15, 0.2) is 48.5 Å². The minimum atomic E-state index is -0.264. The van der Waals surface area contributed by atoms with Crippen molar-refractivity contribution in [1.29, 1.82) is 0 Å². The molecule has 2 aliphatic heterocycles. The van der Waals surface area contributed by atoms with Crippen molar-refractivity contribution in [2.75, 3.05) is 26.7 Å². The normalized spacial score (nSPS) is 23.5. The van der Waals surface area contributed by atoms with E-state index >= 15 is 0 Å². The standard InChI is InChI=1S/C20H21FN2O/c1-22-9-8-17-12-23(13-19(17)22)20(24)16-6-2-4-14(10-16)15-5-3-7-18(21)11-15/h2-7,10-11,17,19H,8-9,12-13H2,1H3/t17-,19+/m1/s1. The monoisotopic (exact) mass is 324 g/mol. The van der Waals surface area contributed by atoms with Crippen molar-refractivity contribution in [2.24, 2.45) is 5.92 Å². The van der Waals surface area contributed by atoms with Crippen molar-refractivity contribution < 1.29 is 9.18 Å². The Balaban J connectivity index is 1.57. The third kappa shape index (κ3) is 2.71. The van der Waals surface area contributed by atoms with E-state index in [0.717, 1.165) is 30.8 Å². The number of fused-ring (bicyclic) bond motifs is 1. The summed E-state index contributed by atoms with van der Waals surface area (Å²) >= 11 is 0. The zero-order valence-corrected chi connectivity index (χ0v) is 13.8. The lowest BCUT2D eigenvalue weighted by molar-refractivity contribution is 0.0774. The molecular formula is C20H21FN2O. The van der Waals surface area contributed by atoms with E-state index in [1.54, 1.807) is 6.07 Å². The fourth-order valence-corrected chi connectivity index (χ4v) is 4.02. The first kappa shape index (κ1) is 15.3. The molecule has 1 amide bonds. The SMILES string of the molecule is CN1CC[C@@H]2CN(C(=O)c3cccc(-c4cccc(F)c4)c3)C[C@@H]21. The third-order valence-electron chi connectivity index (χ3n) is 5.38. The van der Waals surface area contributed by atoms with E-state index in [4.69, 9.17) is 0 Å². The number of likely N-dealkylation sites (N-methyl/N-ethyl adjacent to an activating group) is 1. The number of likely N-dealkylation sites (tertiary alicyclic amines) is 2. The number of carbonyl (C=O) groups is 1. The molecule has 2 fully saturated rings. The van der Waals surface area contributed by atoms with Crippen LogP contribution >= 0.6 is 0 Å². The number of rotatable bonds is 2. The molecule has 24 heavy (non-hydrogen) atoms. The number of hydrogen-bond donors (Lipinski definition) is 0. The summed E-state index contributed by atoms with van der Waals surface area (Å²) in [7, 11) is 2.14. The van der Waals surface area contributed by atoms with Gasteiger partial charge in [0.25, 0.3) is 5.91 Å². The van der Waals surface area contributed by atoms with Crippen LogP contribution < -0.4 is 0 Å². The second-order valence-electron chi connectivity index (χ2n) is 6.90. The maximum atomic E-state index is 13.4. The molecule has 0 aromatic heterocycles. The van der Waals surface area contributed by atoms with Crippen LogP contribution in [0, 0.1) is 11.7 Å². The van der Waals surface area contributed by atoms with Gasteiger partial charge >= 0.3 is 0 Å². The van der Waals surface area contributed by atoms with Crippen molar-refractivity contribution >= 4 is 5.91 Å². The predicted molar refractivity (Wildman–Crippen MR) is 92.3 cm³/mol. The van der Waals surface area contributed by atoms with Crippen LogP contribution in [0.25, 0.3) is 11.1 Å². The molecule has 2 aliphatic rings. The molecule has 0 bridgehead atoms. The lowest BCUT2D eigenvalue weighted by Gasteiger charge is -2.21. The highest BCUT2D eigenvalue weighted by molar-refractivity contribution is 5.95. The molecule has 0 radical (unpaired) electrons. The molecule has 4 heteroatoms. The van der Waals surface area contributed by atoms with Gasteiger partial charge in [0.2, 0.25) is 0 Å². The van der Waals surface area contributed by atoms with Gasteiger partial charge in [0.15, 0.2) is 0 Å². The Hall–Kier alpha value is -2.20. The second kappa shape index (κ2) is 6.02. The molecule has 2 heterocycles. The number of hydrogen-bond acceptors (Lipinski definition) is 2. The summed E-state index contributed by atoms with van der Waals surface area (Å²) in [6, 6.07) is 14.5. The van der Waals surface area contributed by atoms with Gasteiger partial charge in [0.05, 0.1) is 0 Å². The van der Waals surface area contributed by atoms with E-state index in [9.17, 15) is 9.18 Å². The van der Waals surface area contributed by atoms with Crippen molar-refractivity contribution in [2.45, 2.75) is 12.5 Å². The highest BCUT2D eigenvalue weighted by atomic mass is 19.1. The van der Waals surface area contributed by atoms with Gasteiger partial charge in [0.1, 0.15) is 5.82 Å². The fraction of sp³-hybridized carbons (Fsp3) is 0.350. The maximum absolute atomic E-state index is 13.4. The molecule has 2 saturated heterocycles. The summed E-state index contributed by atoms with van der Waals surface area (Å²) in [4.78, 5) is 17.2. The Labute approximate surface area is 141 Å². The molecule has 0 aliphatic carbocycles. The fourth-order valence-electron chi connectivity index (χ4n) is 4.02. The van der Waals surface area contributed by atoms with E-state index in [2.05, 4.69) is 11.9 Å². The first-order valence-electron chi connectivity index (χ1n) is 8.47. The van der Waals surface area contributed by atoms with Gasteiger partial charge < -0.3 is 9.80 Å². The first-order valence-corrected chi connectivity index (χ1v) is 8.47. The van der Waals surface area contributed by atoms with Crippen LogP contribution in [0.4, 0.5) is 4.39 Å². The molecular weight excluding hydrogens is 303 g/mol. The van der Waals surface area contributed by atoms with Crippen molar-refractivity contribution in [1.82, 2.24) is 9.80 Å². The van der Waals surface area contributed by atoms with Gasteiger partial charge in [-0.3, -0.25) is 4.79 Å². The average molecular weight is 324 g/mol. The van der Waals surface area contributed by atoms with E-state index in [-0.39, 0.29) is 11.7 Å². The minimum Gasteiger partial charge on any atom is -0.337 e. The molecule has 2 atom stereocenters. The van der Waals surface area contributed by atoms with Crippen LogP contribution in [0.1, 0.15) is 16.8 Å². The van der Waals surface area contributed by atoms with E-state index in [1.807, 2.05) is 35.2 Å². The largest absolute Gasteiger partial charge is 0.337 e. The Morgan fingerprint density at radius 2 is 1.83 bits per heavy atom. The minimum absolute atomic E-state index is 0.0797. The molecule has 0 saturated carbocycles. The summed E-state index contributed by atoms with van der Waals surface area (Å²) in [5.74, 6) is 0.418. The Morgan fingerprint density at radius 3 is 2.58 bits per heavy atom. The summed E-state index contributed by atoms with van der Waals surface area (Å²) < 4.78 is 13.4. The number of carbonyl (C=O) groups excluding carboxylic acids is 1. The summed E-state index contributed by atoms with van der Waals surface area (Å²) in [6.45, 7) is 2.79. The van der Waals surface area contributed by atoms with Gasteiger partial charge in [-0.05, 0) is 61.3 Å². The molecule has 124 valence electrons. The Morgan fingerprint density at radius 1 is 1.08 bits per heavy atom. The van der Waals surface area contributed by atoms with Crippen molar-refractivity contribution in [3.8, 4) is 11.1 Å². The molecule has 2 aromatic rings. The second-order valence-corrected chi connectivity index (χ2v) is 6.90. The summed E-state index contributed by atoms with van der Waals surface area (Å²) in [5.41, 5.74) is 2.35. The molecule has 2 aromatic carbocycles. The number of nitrogens with zero attached hydrogens (tertiary/aromatic N) is 2. The van der Waals surface area contributed by atoms with Gasteiger partial charge in [-0.25, -0.2) is 4.39 Å². The third-order valence-corrected chi connectivity index (χ3v) is 5.38. The van der Waals surface area contributed by atoms with E-state index < -0.39 is 0 Å². The summed E-state index contributed by atoms with van der Waals surface area (Å²) in [6.07, 6.45) is 1.17. The zero-order chi connectivity index (χ0) is 16.7. The van der Waals surface area contributed by atoms with Crippen LogP contribution in [0.5, 0.6) is 0 Å². The first-order chi connectivity index (χ1) is 11.6. The highest BCUT2D eigenvalue weighted by Crippen LogP contribution is 2.31. The molecule has 0 spiro atoms. The topological polar surface area (TPSA) is 23.6 Å². The van der Waals surface area contributed by atoms with Crippen molar-refractivity contribution in [3.63, 3.8) is 0 Å².